The summed E-state index contributed by atoms with van der Waals surface area (Å²) < 4.78 is 39.5. The Bertz CT molecular complexity index is 1110. The van der Waals surface area contributed by atoms with E-state index in [9.17, 15) is 13.2 Å². The molecule has 1 N–H and O–H groups in total. The predicted molar refractivity (Wildman–Crippen MR) is 126 cm³/mol. The number of methoxy groups -OCH3 is 2. The molecule has 0 bridgehead atoms. The summed E-state index contributed by atoms with van der Waals surface area (Å²) in [4.78, 5) is 12.1. The molecule has 0 unspecified atom stereocenters. The SMILES string of the molecule is COc1cc(C=CC(=O)NCCC(C)C)cc(S(=O)(=O)N2CCc3ccccc32)c1OC. The fourth-order valence-electron chi connectivity index (χ4n) is 3.63. The molecule has 1 aliphatic rings. The predicted octanol–water partition coefficient (Wildman–Crippen LogP) is 3.63. The van der Waals surface area contributed by atoms with Crippen molar-refractivity contribution in [2.45, 2.75) is 31.6 Å². The number of nitrogens with zero attached hydrogens (tertiary/aromatic N) is 1. The number of ether oxygens (including phenoxy) is 2. The van der Waals surface area contributed by atoms with Crippen LogP contribution in [-0.2, 0) is 21.2 Å². The zero-order chi connectivity index (χ0) is 23.3. The summed E-state index contributed by atoms with van der Waals surface area (Å²) in [7, 11) is -1.06. The third-order valence-corrected chi connectivity index (χ3v) is 7.15. The van der Waals surface area contributed by atoms with Gasteiger partial charge in [0, 0.05) is 19.2 Å². The zero-order valence-corrected chi connectivity index (χ0v) is 19.7. The van der Waals surface area contributed by atoms with Crippen LogP contribution in [0.3, 0.4) is 0 Å². The molecule has 0 spiro atoms. The van der Waals surface area contributed by atoms with Gasteiger partial charge in [0.05, 0.1) is 19.9 Å². The van der Waals surface area contributed by atoms with Crippen LogP contribution in [0.25, 0.3) is 6.08 Å². The lowest BCUT2D eigenvalue weighted by molar-refractivity contribution is -0.116. The molecule has 1 aliphatic heterocycles. The van der Waals surface area contributed by atoms with Crippen LogP contribution in [0.5, 0.6) is 11.5 Å². The quantitative estimate of drug-likeness (QED) is 0.580. The number of benzene rings is 2. The van der Waals surface area contributed by atoms with Gasteiger partial charge in [-0.25, -0.2) is 8.42 Å². The number of amides is 1. The average molecular weight is 459 g/mol. The van der Waals surface area contributed by atoms with E-state index in [1.807, 2.05) is 18.2 Å². The highest BCUT2D eigenvalue weighted by Crippen LogP contribution is 2.40. The topological polar surface area (TPSA) is 84.9 Å². The van der Waals surface area contributed by atoms with E-state index >= 15 is 0 Å². The van der Waals surface area contributed by atoms with Gasteiger partial charge in [-0.05, 0) is 54.2 Å². The largest absolute Gasteiger partial charge is 0.493 e. The molecule has 2 aromatic rings. The van der Waals surface area contributed by atoms with Crippen molar-refractivity contribution >= 4 is 27.7 Å². The van der Waals surface area contributed by atoms with Gasteiger partial charge in [-0.1, -0.05) is 32.0 Å². The summed E-state index contributed by atoms with van der Waals surface area (Å²) in [5.41, 5.74) is 2.17. The Morgan fingerprint density at radius 1 is 1.19 bits per heavy atom. The Morgan fingerprint density at radius 2 is 1.94 bits per heavy atom. The highest BCUT2D eigenvalue weighted by atomic mass is 32.2. The van der Waals surface area contributed by atoms with E-state index in [1.54, 1.807) is 18.2 Å². The molecule has 0 aromatic heterocycles. The maximum absolute atomic E-state index is 13.6. The molecular weight excluding hydrogens is 428 g/mol. The van der Waals surface area contributed by atoms with Crippen molar-refractivity contribution in [3.05, 3.63) is 53.6 Å². The van der Waals surface area contributed by atoms with Gasteiger partial charge in [0.15, 0.2) is 11.5 Å². The van der Waals surface area contributed by atoms with Gasteiger partial charge >= 0.3 is 0 Å². The highest BCUT2D eigenvalue weighted by molar-refractivity contribution is 7.93. The maximum Gasteiger partial charge on any atom is 0.268 e. The second-order valence-electron chi connectivity index (χ2n) is 8.02. The van der Waals surface area contributed by atoms with E-state index in [0.29, 0.717) is 36.7 Å². The minimum atomic E-state index is -3.92. The molecule has 1 heterocycles. The molecule has 1 amide bonds. The summed E-state index contributed by atoms with van der Waals surface area (Å²) in [6.07, 6.45) is 4.49. The number of carbonyl (C=O) groups excluding carboxylic acids is 1. The smallest absolute Gasteiger partial charge is 0.268 e. The normalized spacial score (nSPS) is 13.5. The number of sulfonamides is 1. The van der Waals surface area contributed by atoms with Crippen molar-refractivity contribution in [1.29, 1.82) is 0 Å². The third-order valence-electron chi connectivity index (χ3n) is 5.33. The molecule has 2 aromatic carbocycles. The second kappa shape index (κ2) is 10.1. The van der Waals surface area contributed by atoms with Crippen LogP contribution in [0.2, 0.25) is 0 Å². The van der Waals surface area contributed by atoms with Gasteiger partial charge in [-0.2, -0.15) is 0 Å². The maximum atomic E-state index is 13.6. The average Bonchev–Trinajstić information content (AvgIpc) is 3.21. The molecule has 0 saturated carbocycles. The van der Waals surface area contributed by atoms with Crippen LogP contribution >= 0.6 is 0 Å². The van der Waals surface area contributed by atoms with Crippen LogP contribution in [0.4, 0.5) is 5.69 Å². The molecule has 0 saturated heterocycles. The lowest BCUT2D eigenvalue weighted by Gasteiger charge is -2.22. The van der Waals surface area contributed by atoms with Crippen LogP contribution in [0, 0.1) is 5.92 Å². The summed E-state index contributed by atoms with van der Waals surface area (Å²) in [5, 5.41) is 2.83. The molecule has 0 aliphatic carbocycles. The molecule has 7 nitrogen and oxygen atoms in total. The van der Waals surface area contributed by atoms with E-state index in [2.05, 4.69) is 19.2 Å². The van der Waals surface area contributed by atoms with Crippen LogP contribution in [0.15, 0.2) is 47.4 Å². The van der Waals surface area contributed by atoms with Gasteiger partial charge in [0.1, 0.15) is 4.90 Å². The molecule has 8 heteroatoms. The molecule has 0 atom stereocenters. The van der Waals surface area contributed by atoms with Crippen molar-refractivity contribution < 1.29 is 22.7 Å². The van der Waals surface area contributed by atoms with Crippen molar-refractivity contribution in [2.24, 2.45) is 5.92 Å². The lowest BCUT2D eigenvalue weighted by Crippen LogP contribution is -2.29. The minimum Gasteiger partial charge on any atom is -0.493 e. The third kappa shape index (κ3) is 5.07. The molecule has 32 heavy (non-hydrogen) atoms. The van der Waals surface area contributed by atoms with Crippen molar-refractivity contribution in [3.8, 4) is 11.5 Å². The monoisotopic (exact) mass is 458 g/mol. The van der Waals surface area contributed by atoms with Gasteiger partial charge in [-0.15, -0.1) is 0 Å². The molecular formula is C24H30N2O5S. The highest BCUT2D eigenvalue weighted by Gasteiger charge is 2.34. The summed E-state index contributed by atoms with van der Waals surface area (Å²) in [6, 6.07) is 10.6. The van der Waals surface area contributed by atoms with E-state index in [-0.39, 0.29) is 22.3 Å². The fourth-order valence-corrected chi connectivity index (χ4v) is 5.34. The second-order valence-corrected chi connectivity index (χ2v) is 9.85. The van der Waals surface area contributed by atoms with Crippen molar-refractivity contribution in [1.82, 2.24) is 5.32 Å². The lowest BCUT2D eigenvalue weighted by atomic mass is 10.1. The van der Waals surface area contributed by atoms with Gasteiger partial charge in [-0.3, -0.25) is 9.10 Å². The van der Waals surface area contributed by atoms with Crippen LogP contribution in [0.1, 0.15) is 31.4 Å². The van der Waals surface area contributed by atoms with E-state index in [1.165, 1.54) is 30.7 Å². The van der Waals surface area contributed by atoms with E-state index in [4.69, 9.17) is 9.47 Å². The van der Waals surface area contributed by atoms with Crippen LogP contribution < -0.4 is 19.1 Å². The number of hydrogen-bond acceptors (Lipinski definition) is 5. The molecule has 172 valence electrons. The molecule has 0 fully saturated rings. The number of anilines is 1. The first-order valence-electron chi connectivity index (χ1n) is 10.6. The first kappa shape index (κ1) is 23.7. The fraction of sp³-hybridized carbons (Fsp3) is 0.375. The number of rotatable bonds is 9. The van der Waals surface area contributed by atoms with Gasteiger partial charge in [0.25, 0.3) is 10.0 Å². The summed E-state index contributed by atoms with van der Waals surface area (Å²) in [5.74, 6) is 0.670. The number of fused-ring (bicyclic) bond motifs is 1. The van der Waals surface area contributed by atoms with Gasteiger partial charge in [0.2, 0.25) is 5.91 Å². The Hall–Kier alpha value is -3.00. The Morgan fingerprint density at radius 3 is 2.62 bits per heavy atom. The van der Waals surface area contributed by atoms with Gasteiger partial charge < -0.3 is 14.8 Å². The number of hydrogen-bond donors (Lipinski definition) is 1. The minimum absolute atomic E-state index is 0.00378. The molecule has 0 radical (unpaired) electrons. The first-order valence-corrected chi connectivity index (χ1v) is 12.0. The Labute approximate surface area is 190 Å². The van der Waals surface area contributed by atoms with Crippen LogP contribution in [-0.4, -0.2) is 41.6 Å². The first-order chi connectivity index (χ1) is 15.3. The van der Waals surface area contributed by atoms with Crippen molar-refractivity contribution in [2.75, 3.05) is 31.6 Å². The Balaban J connectivity index is 1.95. The molecule has 3 rings (SSSR count). The summed E-state index contributed by atoms with van der Waals surface area (Å²) >= 11 is 0. The van der Waals surface area contributed by atoms with E-state index < -0.39 is 10.0 Å². The standard InChI is InChI=1S/C24H30N2O5S/c1-17(2)11-13-25-23(27)10-9-18-15-21(30-3)24(31-4)22(16-18)32(28,29)26-14-12-19-7-5-6-8-20(19)26/h5-10,15-17H,11-14H2,1-4H3,(H,25,27). The number of para-hydroxylation sites is 1. The number of carbonyl (C=O) groups is 1. The van der Waals surface area contributed by atoms with Crippen molar-refractivity contribution in [3.63, 3.8) is 0 Å². The Kier molecular flexibility index (Phi) is 7.45. The zero-order valence-electron chi connectivity index (χ0n) is 18.9. The number of nitrogens with one attached hydrogen (secondary N) is 1. The summed E-state index contributed by atoms with van der Waals surface area (Å²) in [6.45, 7) is 5.12. The van der Waals surface area contributed by atoms with E-state index in [0.717, 1.165) is 12.0 Å².